The molecule has 1 aliphatic heterocycles. The van der Waals surface area contributed by atoms with Crippen molar-refractivity contribution in [2.24, 2.45) is 5.10 Å². The van der Waals surface area contributed by atoms with Gasteiger partial charge >= 0.3 is 0 Å². The maximum absolute atomic E-state index is 4.01. The van der Waals surface area contributed by atoms with Crippen LogP contribution in [-0.2, 0) is 0 Å². The third-order valence-corrected chi connectivity index (χ3v) is 2.23. The van der Waals surface area contributed by atoms with Crippen LogP contribution in [0.4, 0.5) is 0 Å². The lowest BCUT2D eigenvalue weighted by Gasteiger charge is -1.95. The summed E-state index contributed by atoms with van der Waals surface area (Å²) in [5.74, 6) is 0. The predicted octanol–water partition coefficient (Wildman–Crippen LogP) is -0.313. The van der Waals surface area contributed by atoms with Crippen molar-refractivity contribution in [2.75, 3.05) is 0 Å². The van der Waals surface area contributed by atoms with Gasteiger partial charge in [0.05, 0.1) is 3.72 Å². The SMILES string of the molecule is [AlH2][CH]1CC(I)=NN1. The van der Waals surface area contributed by atoms with E-state index >= 15 is 0 Å². The molecule has 0 aliphatic carbocycles. The molecule has 4 heteroatoms. The van der Waals surface area contributed by atoms with Crippen LogP contribution in [0.5, 0.6) is 0 Å². The van der Waals surface area contributed by atoms with Gasteiger partial charge in [0, 0.05) is 6.42 Å². The summed E-state index contributed by atoms with van der Waals surface area (Å²) in [5.41, 5.74) is 3.01. The number of halogens is 1. The highest BCUT2D eigenvalue weighted by Crippen LogP contribution is 2.04. The summed E-state index contributed by atoms with van der Waals surface area (Å²) in [6.45, 7) is 0. The Balaban J connectivity index is 2.42. The van der Waals surface area contributed by atoms with Crippen molar-refractivity contribution in [3.8, 4) is 0 Å². The van der Waals surface area contributed by atoms with Crippen LogP contribution in [0.25, 0.3) is 0 Å². The molecule has 1 N–H and O–H groups in total. The normalized spacial score (nSPS) is 29.3. The predicted molar refractivity (Wildman–Crippen MR) is 41.5 cm³/mol. The third-order valence-electron chi connectivity index (χ3n) is 0.881. The monoisotopic (exact) mass is 224 g/mol. The van der Waals surface area contributed by atoms with Crippen molar-refractivity contribution in [3.63, 3.8) is 0 Å². The second-order valence-corrected chi connectivity index (χ2v) is 4.36. The van der Waals surface area contributed by atoms with Crippen LogP contribution in [0, 0.1) is 0 Å². The van der Waals surface area contributed by atoms with Gasteiger partial charge in [-0.15, -0.1) is 0 Å². The van der Waals surface area contributed by atoms with E-state index in [0.717, 1.165) is 6.42 Å². The van der Waals surface area contributed by atoms with Gasteiger partial charge in [-0.25, -0.2) is 0 Å². The molecular weight excluding hydrogens is 218 g/mol. The number of rotatable bonds is 0. The Hall–Kier alpha value is 0.732. The van der Waals surface area contributed by atoms with Gasteiger partial charge in [0.2, 0.25) is 0 Å². The van der Waals surface area contributed by atoms with Crippen molar-refractivity contribution < 1.29 is 0 Å². The van der Waals surface area contributed by atoms with E-state index in [-0.39, 0.29) is 0 Å². The van der Waals surface area contributed by atoms with Gasteiger partial charge in [0.15, 0.2) is 0 Å². The standard InChI is InChI=1S/C3H4IN2.Al.2H/c4-3-1-2-5-6-3;;;/h2,5H,1H2;;;. The molecule has 0 saturated heterocycles. The minimum absolute atomic E-state index is 0.701. The molecule has 0 bridgehead atoms. The van der Waals surface area contributed by atoms with E-state index in [2.05, 4.69) is 33.1 Å². The van der Waals surface area contributed by atoms with E-state index in [9.17, 15) is 0 Å². The van der Waals surface area contributed by atoms with Crippen LogP contribution in [-0.4, -0.2) is 24.9 Å². The third kappa shape index (κ3) is 1.59. The summed E-state index contributed by atoms with van der Waals surface area (Å²) in [6, 6.07) is 0. The highest BCUT2D eigenvalue weighted by Gasteiger charge is 2.08. The maximum Gasteiger partial charge on any atom is 0.251 e. The number of nitrogens with one attached hydrogen (secondary N) is 1. The van der Waals surface area contributed by atoms with Gasteiger partial charge in [-0.2, -0.15) is 5.10 Å². The number of nitrogens with zero attached hydrogens (tertiary/aromatic N) is 1. The molecule has 1 rings (SSSR count). The lowest BCUT2D eigenvalue weighted by molar-refractivity contribution is 0.751. The second-order valence-electron chi connectivity index (χ2n) is 1.72. The maximum atomic E-state index is 4.01. The highest BCUT2D eigenvalue weighted by molar-refractivity contribution is 14.1. The first-order valence-corrected chi connectivity index (χ1v) is 4.50. The zero-order valence-electron chi connectivity index (χ0n) is 4.11. The number of hydrogen-bond acceptors (Lipinski definition) is 2. The summed E-state index contributed by atoms with van der Waals surface area (Å²) in [7, 11) is 0. The van der Waals surface area contributed by atoms with Crippen molar-refractivity contribution in [2.45, 2.75) is 11.3 Å². The zero-order valence-corrected chi connectivity index (χ0v) is 8.27. The Labute approximate surface area is 64.3 Å². The summed E-state index contributed by atoms with van der Waals surface area (Å²) in [5, 5.41) is 4.01. The van der Waals surface area contributed by atoms with E-state index in [1.807, 2.05) is 0 Å². The Morgan fingerprint density at radius 1 is 2.00 bits per heavy atom. The molecule has 0 saturated carbocycles. The van der Waals surface area contributed by atoms with Gasteiger partial charge < -0.3 is 5.43 Å². The molecule has 2 nitrogen and oxygen atoms in total. The molecular formula is C3H6AlIN2. The molecule has 0 spiro atoms. The Morgan fingerprint density at radius 3 is 2.86 bits per heavy atom. The van der Waals surface area contributed by atoms with Crippen LogP contribution in [0.15, 0.2) is 5.10 Å². The van der Waals surface area contributed by atoms with Crippen molar-refractivity contribution in [1.82, 2.24) is 5.43 Å². The Bertz CT molecular complexity index is 103. The first kappa shape index (κ1) is 5.86. The van der Waals surface area contributed by atoms with Crippen LogP contribution < -0.4 is 5.43 Å². The van der Waals surface area contributed by atoms with Crippen molar-refractivity contribution in [1.29, 1.82) is 0 Å². The Morgan fingerprint density at radius 2 is 2.71 bits per heavy atom. The quantitative estimate of drug-likeness (QED) is 0.443. The molecule has 0 aromatic rings. The van der Waals surface area contributed by atoms with Gasteiger partial charge in [0.1, 0.15) is 0 Å². The molecule has 0 amide bonds. The first-order chi connectivity index (χ1) is 3.29. The Kier molecular flexibility index (Phi) is 1.96. The van der Waals surface area contributed by atoms with Crippen molar-refractivity contribution >= 4 is 42.6 Å². The lowest BCUT2D eigenvalue weighted by atomic mass is 10.5. The molecule has 0 radical (unpaired) electrons. The molecule has 38 valence electrons. The zero-order chi connectivity index (χ0) is 5.28. The summed E-state index contributed by atoms with van der Waals surface area (Å²) in [6.07, 6.45) is 1.16. The summed E-state index contributed by atoms with van der Waals surface area (Å²) in [4.78, 5) is 0.701. The van der Waals surface area contributed by atoms with E-state index in [4.69, 9.17) is 0 Å². The van der Waals surface area contributed by atoms with E-state index in [1.165, 1.54) is 20.0 Å². The second kappa shape index (κ2) is 2.34. The van der Waals surface area contributed by atoms with Gasteiger partial charge in [-0.05, 0) is 27.5 Å². The number of hydrogen-bond donors (Lipinski definition) is 1. The van der Waals surface area contributed by atoms with Gasteiger partial charge in [-0.3, -0.25) is 0 Å². The topological polar surface area (TPSA) is 24.4 Å². The molecule has 0 aromatic heterocycles. The summed E-state index contributed by atoms with van der Waals surface area (Å²) >= 11 is 3.47. The molecule has 1 unspecified atom stereocenters. The molecule has 1 heterocycles. The fourth-order valence-electron chi connectivity index (χ4n) is 0.524. The molecule has 7 heavy (non-hydrogen) atoms. The van der Waals surface area contributed by atoms with E-state index < -0.39 is 0 Å². The van der Waals surface area contributed by atoms with Crippen LogP contribution in [0.2, 0.25) is 0 Å². The van der Waals surface area contributed by atoms with Gasteiger partial charge in [-0.1, -0.05) is 0 Å². The fraction of sp³-hybridized carbons (Fsp3) is 0.667. The largest absolute Gasteiger partial charge is 0.321 e. The smallest absolute Gasteiger partial charge is 0.251 e. The molecule has 1 atom stereocenters. The molecule has 1 aliphatic rings. The lowest BCUT2D eigenvalue weighted by Crippen LogP contribution is -2.18. The van der Waals surface area contributed by atoms with Crippen LogP contribution in [0.1, 0.15) is 6.42 Å². The molecule has 0 aromatic carbocycles. The fourth-order valence-corrected chi connectivity index (χ4v) is 2.67. The average Bonchev–Trinajstić information content (AvgIpc) is 1.87. The minimum atomic E-state index is 0.701. The van der Waals surface area contributed by atoms with Crippen LogP contribution >= 0.6 is 22.6 Å². The highest BCUT2D eigenvalue weighted by atomic mass is 127. The molecule has 0 fully saturated rings. The number of hydrazone groups is 1. The minimum Gasteiger partial charge on any atom is -0.321 e. The summed E-state index contributed by atoms with van der Waals surface area (Å²) < 4.78 is 1.22. The van der Waals surface area contributed by atoms with Crippen LogP contribution in [0.3, 0.4) is 0 Å². The van der Waals surface area contributed by atoms with Gasteiger partial charge in [0.25, 0.3) is 16.3 Å². The average molecular weight is 224 g/mol. The van der Waals surface area contributed by atoms with Crippen molar-refractivity contribution in [3.05, 3.63) is 0 Å². The van der Waals surface area contributed by atoms with E-state index in [1.54, 1.807) is 0 Å². The first-order valence-electron chi connectivity index (χ1n) is 2.26. The van der Waals surface area contributed by atoms with E-state index in [0.29, 0.717) is 4.90 Å².